The molecule has 0 saturated carbocycles. The van der Waals surface area contributed by atoms with Gasteiger partial charge in [0.2, 0.25) is 0 Å². The van der Waals surface area contributed by atoms with Crippen LogP contribution in [-0.4, -0.2) is 33.3 Å². The number of carbonyl (C=O) groups excluding carboxylic acids is 1. The monoisotopic (exact) mass is 548 g/mol. The van der Waals surface area contributed by atoms with E-state index >= 15 is 0 Å². The van der Waals surface area contributed by atoms with Gasteiger partial charge in [0.05, 0.1) is 11.6 Å². The topological polar surface area (TPSA) is 70.0 Å². The van der Waals surface area contributed by atoms with Gasteiger partial charge in [-0.25, -0.2) is 9.18 Å². The van der Waals surface area contributed by atoms with Gasteiger partial charge in [0.15, 0.2) is 0 Å². The Morgan fingerprint density at radius 3 is 2.25 bits per heavy atom. The average molecular weight is 549 g/mol. The molecule has 216 valence electrons. The second-order valence-electron chi connectivity index (χ2n) is 13.6. The van der Waals surface area contributed by atoms with Crippen molar-refractivity contribution in [2.24, 2.45) is 21.7 Å². The number of halogens is 1. The van der Waals surface area contributed by atoms with E-state index in [2.05, 4.69) is 48.5 Å². The van der Waals surface area contributed by atoms with E-state index in [1.807, 2.05) is 24.0 Å². The summed E-state index contributed by atoms with van der Waals surface area (Å²) in [6.07, 6.45) is 6.57. The number of nitrogens with zero attached hydrogens (tertiary/aromatic N) is 2. The van der Waals surface area contributed by atoms with Crippen LogP contribution in [0.15, 0.2) is 59.6 Å². The fourth-order valence-corrected chi connectivity index (χ4v) is 5.04. The fourth-order valence-electron chi connectivity index (χ4n) is 5.04. The lowest BCUT2D eigenvalue weighted by Gasteiger charge is -2.41. The Morgan fingerprint density at radius 1 is 1.05 bits per heavy atom. The lowest BCUT2D eigenvalue weighted by molar-refractivity contribution is -0.131. The summed E-state index contributed by atoms with van der Waals surface area (Å²) in [6, 6.07) is 12.8. The Balaban J connectivity index is 2.06. The SMILES string of the molecule is CC(CCC1(C)N=C(/C=C/c2cccc(F)c2)C(=O)N1[C@H](CCC(C)(C)C)c1ccc(C(=O)O)cc1)C(C)(C)C. The first-order valence-electron chi connectivity index (χ1n) is 14.2. The van der Waals surface area contributed by atoms with E-state index < -0.39 is 11.6 Å². The maximum absolute atomic E-state index is 14.1. The summed E-state index contributed by atoms with van der Waals surface area (Å²) in [4.78, 5) is 32.6. The van der Waals surface area contributed by atoms with Gasteiger partial charge in [0.1, 0.15) is 17.2 Å². The van der Waals surface area contributed by atoms with Crippen LogP contribution in [0.4, 0.5) is 4.39 Å². The van der Waals surface area contributed by atoms with Crippen molar-refractivity contribution in [2.45, 2.75) is 92.8 Å². The van der Waals surface area contributed by atoms with Gasteiger partial charge < -0.3 is 10.0 Å². The van der Waals surface area contributed by atoms with Crippen LogP contribution in [0, 0.1) is 22.6 Å². The normalized spacial score (nSPS) is 19.7. The smallest absolute Gasteiger partial charge is 0.335 e. The molecule has 2 aromatic carbocycles. The molecular formula is C34H45FN2O3. The highest BCUT2D eigenvalue weighted by Gasteiger charge is 2.47. The highest BCUT2D eigenvalue weighted by atomic mass is 19.1. The molecule has 1 aliphatic rings. The zero-order valence-electron chi connectivity index (χ0n) is 25.3. The van der Waals surface area contributed by atoms with Crippen LogP contribution in [0.3, 0.4) is 0 Å². The molecule has 0 bridgehead atoms. The van der Waals surface area contributed by atoms with Gasteiger partial charge in [-0.1, -0.05) is 78.8 Å². The van der Waals surface area contributed by atoms with Crippen LogP contribution in [0.5, 0.6) is 0 Å². The van der Waals surface area contributed by atoms with Crippen LogP contribution in [-0.2, 0) is 4.79 Å². The van der Waals surface area contributed by atoms with Crippen molar-refractivity contribution in [3.63, 3.8) is 0 Å². The van der Waals surface area contributed by atoms with E-state index in [0.29, 0.717) is 30.0 Å². The molecule has 0 radical (unpaired) electrons. The van der Waals surface area contributed by atoms with Crippen LogP contribution in [0.2, 0.25) is 0 Å². The number of amides is 1. The van der Waals surface area contributed by atoms with Gasteiger partial charge in [0.25, 0.3) is 5.91 Å². The second-order valence-corrected chi connectivity index (χ2v) is 13.6. The first-order valence-corrected chi connectivity index (χ1v) is 14.2. The van der Waals surface area contributed by atoms with Crippen LogP contribution < -0.4 is 0 Å². The quantitative estimate of drug-likeness (QED) is 0.323. The first kappa shape index (κ1) is 31.3. The minimum absolute atomic E-state index is 0.0418. The number of hydrogen-bond acceptors (Lipinski definition) is 3. The van der Waals surface area contributed by atoms with E-state index in [1.165, 1.54) is 12.1 Å². The number of aromatic carboxylic acids is 1. The van der Waals surface area contributed by atoms with Crippen molar-refractivity contribution in [3.8, 4) is 0 Å². The molecule has 1 heterocycles. The van der Waals surface area contributed by atoms with Crippen molar-refractivity contribution in [1.82, 2.24) is 4.90 Å². The van der Waals surface area contributed by atoms with E-state index in [0.717, 1.165) is 18.4 Å². The Hall–Kier alpha value is -3.28. The molecule has 2 aromatic rings. The van der Waals surface area contributed by atoms with Crippen LogP contribution >= 0.6 is 0 Å². The number of aliphatic imine (C=N–C) groups is 1. The fraction of sp³-hybridized carbons (Fsp3) is 0.500. The van der Waals surface area contributed by atoms with E-state index in [-0.39, 0.29) is 34.2 Å². The maximum atomic E-state index is 14.1. The minimum atomic E-state index is -0.982. The third-order valence-electron chi connectivity index (χ3n) is 8.15. The Labute approximate surface area is 239 Å². The molecule has 0 aliphatic carbocycles. The molecule has 3 atom stereocenters. The van der Waals surface area contributed by atoms with Gasteiger partial charge in [0, 0.05) is 0 Å². The Morgan fingerprint density at radius 2 is 1.70 bits per heavy atom. The van der Waals surface area contributed by atoms with E-state index in [4.69, 9.17) is 4.99 Å². The molecule has 0 spiro atoms. The minimum Gasteiger partial charge on any atom is -0.478 e. The molecule has 0 saturated heterocycles. The predicted molar refractivity (Wildman–Crippen MR) is 161 cm³/mol. The number of carbonyl (C=O) groups is 2. The molecule has 6 heteroatoms. The molecule has 0 fully saturated rings. The number of carboxylic acids is 1. The van der Waals surface area contributed by atoms with Crippen LogP contribution in [0.25, 0.3) is 6.08 Å². The van der Waals surface area contributed by atoms with E-state index in [9.17, 15) is 19.1 Å². The Bertz CT molecular complexity index is 1270. The summed E-state index contributed by atoms with van der Waals surface area (Å²) in [5, 5.41) is 9.44. The summed E-state index contributed by atoms with van der Waals surface area (Å²) in [6.45, 7) is 17.5. The number of rotatable bonds is 10. The summed E-state index contributed by atoms with van der Waals surface area (Å²) in [7, 11) is 0. The van der Waals surface area contributed by atoms with Gasteiger partial charge >= 0.3 is 5.97 Å². The molecule has 5 nitrogen and oxygen atoms in total. The summed E-state index contributed by atoms with van der Waals surface area (Å²) in [5.41, 5.74) is 1.48. The summed E-state index contributed by atoms with van der Waals surface area (Å²) in [5.74, 6) is -1.08. The maximum Gasteiger partial charge on any atom is 0.335 e. The molecule has 1 N–H and O–H groups in total. The van der Waals surface area contributed by atoms with Crippen molar-refractivity contribution < 1.29 is 19.1 Å². The third kappa shape index (κ3) is 7.89. The number of carboxylic acid groups (broad SMARTS) is 1. The van der Waals surface area contributed by atoms with E-state index in [1.54, 1.807) is 36.4 Å². The first-order chi connectivity index (χ1) is 18.5. The zero-order valence-corrected chi connectivity index (χ0v) is 25.3. The van der Waals surface area contributed by atoms with Crippen molar-refractivity contribution >= 4 is 23.7 Å². The number of benzene rings is 2. The molecule has 0 aromatic heterocycles. The molecule has 2 unspecified atom stereocenters. The van der Waals surface area contributed by atoms with Gasteiger partial charge in [-0.05, 0) is 90.8 Å². The average Bonchev–Trinajstić information content (AvgIpc) is 3.10. The summed E-state index contributed by atoms with van der Waals surface area (Å²) < 4.78 is 13.8. The number of hydrogen-bond donors (Lipinski definition) is 1. The third-order valence-corrected chi connectivity index (χ3v) is 8.15. The van der Waals surface area contributed by atoms with Gasteiger partial charge in [-0.15, -0.1) is 0 Å². The summed E-state index contributed by atoms with van der Waals surface area (Å²) >= 11 is 0. The standard InChI is InChI=1S/C34H45FN2O3/c1-23(33(5,6)7)18-21-34(8)36-28(17-12-24-10-9-11-27(35)22-24)30(38)37(34)29(19-20-32(2,3)4)25-13-15-26(16-14-25)31(39)40/h9-17,22-23,29H,18-21H2,1-8H3,(H,39,40)/b17-12+/t23?,29-,34?/m1/s1. The lowest BCUT2D eigenvalue weighted by atomic mass is 9.78. The predicted octanol–water partition coefficient (Wildman–Crippen LogP) is 8.57. The second kappa shape index (κ2) is 12.1. The van der Waals surface area contributed by atoms with Gasteiger partial charge in [-0.3, -0.25) is 9.79 Å². The van der Waals surface area contributed by atoms with Crippen molar-refractivity contribution in [3.05, 3.63) is 77.1 Å². The van der Waals surface area contributed by atoms with Gasteiger partial charge in [-0.2, -0.15) is 0 Å². The molecule has 3 rings (SSSR count). The van der Waals surface area contributed by atoms with Crippen molar-refractivity contribution in [2.75, 3.05) is 0 Å². The highest BCUT2D eigenvalue weighted by Crippen LogP contribution is 2.43. The molecule has 1 amide bonds. The molecule has 1 aliphatic heterocycles. The highest BCUT2D eigenvalue weighted by molar-refractivity contribution is 6.45. The lowest BCUT2D eigenvalue weighted by Crippen LogP contribution is -2.47. The largest absolute Gasteiger partial charge is 0.478 e. The zero-order chi connectivity index (χ0) is 29.9. The Kier molecular flexibility index (Phi) is 9.43. The molecular weight excluding hydrogens is 503 g/mol. The van der Waals surface area contributed by atoms with Crippen molar-refractivity contribution in [1.29, 1.82) is 0 Å². The molecule has 40 heavy (non-hydrogen) atoms. The van der Waals surface area contributed by atoms with Crippen LogP contribution in [0.1, 0.15) is 109 Å².